The van der Waals surface area contributed by atoms with Gasteiger partial charge in [-0.2, -0.15) is 0 Å². The Morgan fingerprint density at radius 2 is 2.05 bits per heavy atom. The first-order valence-corrected chi connectivity index (χ1v) is 7.78. The average Bonchev–Trinajstić information content (AvgIpc) is 2.86. The van der Waals surface area contributed by atoms with Crippen molar-refractivity contribution >= 4 is 11.6 Å². The van der Waals surface area contributed by atoms with Crippen molar-refractivity contribution in [3.63, 3.8) is 0 Å². The highest BCUT2D eigenvalue weighted by Crippen LogP contribution is 2.48. The zero-order valence-corrected chi connectivity index (χ0v) is 13.1. The van der Waals surface area contributed by atoms with E-state index in [0.717, 1.165) is 23.7 Å². The molecule has 1 fully saturated rings. The van der Waals surface area contributed by atoms with E-state index in [1.165, 1.54) is 17.5 Å². The second-order valence-corrected chi connectivity index (χ2v) is 6.57. The molecule has 1 aromatic carbocycles. The monoisotopic (exact) mass is 295 g/mol. The number of nitrogens with one attached hydrogen (secondary N) is 1. The van der Waals surface area contributed by atoms with Gasteiger partial charge >= 0.3 is 0 Å². The van der Waals surface area contributed by atoms with Crippen LogP contribution in [0.5, 0.6) is 11.5 Å². The zero-order chi connectivity index (χ0) is 14.3. The van der Waals surface area contributed by atoms with Crippen LogP contribution in [0, 0.1) is 0 Å². The quantitative estimate of drug-likeness (QED) is 0.899. The lowest BCUT2D eigenvalue weighted by molar-refractivity contribution is 0.171. The molecule has 1 saturated heterocycles. The predicted molar refractivity (Wildman–Crippen MR) is 81.1 cm³/mol. The van der Waals surface area contributed by atoms with E-state index in [1.54, 1.807) is 0 Å². The minimum absolute atomic E-state index is 0.0148. The van der Waals surface area contributed by atoms with E-state index in [1.807, 2.05) is 0 Å². The normalized spacial score (nSPS) is 25.2. The SMILES string of the molecule is CC(C)c1c(C2(C)CCCN2)cc2c(c1Cl)OCCO2. The highest BCUT2D eigenvalue weighted by atomic mass is 35.5. The third-order valence-corrected chi connectivity index (χ3v) is 4.73. The van der Waals surface area contributed by atoms with Crippen molar-refractivity contribution in [2.24, 2.45) is 0 Å². The molecule has 0 radical (unpaired) electrons. The summed E-state index contributed by atoms with van der Waals surface area (Å²) in [6.07, 6.45) is 2.32. The summed E-state index contributed by atoms with van der Waals surface area (Å²) in [5.41, 5.74) is 2.44. The molecule has 1 unspecified atom stereocenters. The number of hydrogen-bond donors (Lipinski definition) is 1. The number of ether oxygens (including phenoxy) is 2. The molecular weight excluding hydrogens is 274 g/mol. The van der Waals surface area contributed by atoms with Gasteiger partial charge in [0.25, 0.3) is 0 Å². The number of rotatable bonds is 2. The number of fused-ring (bicyclic) bond motifs is 1. The van der Waals surface area contributed by atoms with Crippen LogP contribution in [0.3, 0.4) is 0 Å². The summed E-state index contributed by atoms with van der Waals surface area (Å²) in [5, 5.41) is 4.35. The molecule has 0 amide bonds. The second kappa shape index (κ2) is 5.12. The maximum Gasteiger partial charge on any atom is 0.180 e. The van der Waals surface area contributed by atoms with Crippen LogP contribution < -0.4 is 14.8 Å². The number of benzene rings is 1. The second-order valence-electron chi connectivity index (χ2n) is 6.19. The summed E-state index contributed by atoms with van der Waals surface area (Å²) in [6.45, 7) is 8.83. The average molecular weight is 296 g/mol. The first kappa shape index (κ1) is 14.0. The standard InChI is InChI=1S/C16H22ClNO2/c1-10(2)13-11(16(3)5-4-6-18-16)9-12-15(14(13)17)20-8-7-19-12/h9-10,18H,4-8H2,1-3H3. The van der Waals surface area contributed by atoms with E-state index < -0.39 is 0 Å². The number of halogens is 1. The van der Waals surface area contributed by atoms with Crippen molar-refractivity contribution in [1.82, 2.24) is 5.32 Å². The first-order chi connectivity index (χ1) is 9.53. The molecule has 3 rings (SSSR count). The molecule has 1 atom stereocenters. The fraction of sp³-hybridized carbons (Fsp3) is 0.625. The van der Waals surface area contributed by atoms with Crippen molar-refractivity contribution in [2.45, 2.75) is 45.1 Å². The fourth-order valence-corrected chi connectivity index (χ4v) is 3.77. The lowest BCUT2D eigenvalue weighted by atomic mass is 9.83. The molecular formula is C16H22ClNO2. The molecule has 2 aliphatic rings. The van der Waals surface area contributed by atoms with Gasteiger partial charge in [0, 0.05) is 5.54 Å². The zero-order valence-electron chi connectivity index (χ0n) is 12.4. The molecule has 110 valence electrons. The Morgan fingerprint density at radius 1 is 1.30 bits per heavy atom. The Kier molecular flexibility index (Phi) is 3.59. The fourth-order valence-electron chi connectivity index (χ4n) is 3.31. The van der Waals surface area contributed by atoms with Gasteiger partial charge in [0.2, 0.25) is 0 Å². The summed E-state index contributed by atoms with van der Waals surface area (Å²) < 4.78 is 11.5. The van der Waals surface area contributed by atoms with Crippen LogP contribution in [0.15, 0.2) is 6.07 Å². The van der Waals surface area contributed by atoms with Crippen molar-refractivity contribution in [3.05, 3.63) is 22.2 Å². The van der Waals surface area contributed by atoms with Gasteiger partial charge in [-0.15, -0.1) is 0 Å². The lowest BCUT2D eigenvalue weighted by Crippen LogP contribution is -2.35. The van der Waals surface area contributed by atoms with Gasteiger partial charge in [-0.05, 0) is 49.4 Å². The van der Waals surface area contributed by atoms with Gasteiger partial charge in [-0.3, -0.25) is 0 Å². The molecule has 0 saturated carbocycles. The van der Waals surface area contributed by atoms with Gasteiger partial charge in [0.15, 0.2) is 11.5 Å². The molecule has 1 N–H and O–H groups in total. The largest absolute Gasteiger partial charge is 0.486 e. The minimum Gasteiger partial charge on any atom is -0.486 e. The van der Waals surface area contributed by atoms with Gasteiger partial charge in [0.05, 0.1) is 5.02 Å². The smallest absolute Gasteiger partial charge is 0.180 e. The van der Waals surface area contributed by atoms with E-state index in [2.05, 4.69) is 32.2 Å². The molecule has 2 aliphatic heterocycles. The summed E-state index contributed by atoms with van der Waals surface area (Å²) in [5.74, 6) is 1.86. The van der Waals surface area contributed by atoms with E-state index in [4.69, 9.17) is 21.1 Å². The summed E-state index contributed by atoms with van der Waals surface area (Å²) in [6, 6.07) is 2.13. The Labute approximate surface area is 125 Å². The van der Waals surface area contributed by atoms with Gasteiger partial charge < -0.3 is 14.8 Å². The maximum absolute atomic E-state index is 6.63. The molecule has 0 spiro atoms. The first-order valence-electron chi connectivity index (χ1n) is 7.40. The third kappa shape index (κ3) is 2.17. The molecule has 20 heavy (non-hydrogen) atoms. The van der Waals surface area contributed by atoms with Crippen molar-refractivity contribution in [3.8, 4) is 11.5 Å². The predicted octanol–water partition coefficient (Wildman–Crippen LogP) is 3.83. The summed E-state index contributed by atoms with van der Waals surface area (Å²) in [4.78, 5) is 0. The van der Waals surface area contributed by atoms with Crippen LogP contribution in [0.25, 0.3) is 0 Å². The molecule has 2 heterocycles. The van der Waals surface area contributed by atoms with E-state index in [0.29, 0.717) is 24.9 Å². The van der Waals surface area contributed by atoms with E-state index in [-0.39, 0.29) is 5.54 Å². The maximum atomic E-state index is 6.63. The summed E-state index contributed by atoms with van der Waals surface area (Å²) in [7, 11) is 0. The Bertz CT molecular complexity index is 522. The Morgan fingerprint density at radius 3 is 2.70 bits per heavy atom. The van der Waals surface area contributed by atoms with Crippen LogP contribution >= 0.6 is 11.6 Å². The van der Waals surface area contributed by atoms with Gasteiger partial charge in [-0.25, -0.2) is 0 Å². The van der Waals surface area contributed by atoms with E-state index in [9.17, 15) is 0 Å². The van der Waals surface area contributed by atoms with E-state index >= 15 is 0 Å². The molecule has 0 aliphatic carbocycles. The minimum atomic E-state index is -0.0148. The van der Waals surface area contributed by atoms with Crippen LogP contribution in [0.2, 0.25) is 5.02 Å². The van der Waals surface area contributed by atoms with Crippen LogP contribution in [0.1, 0.15) is 50.7 Å². The van der Waals surface area contributed by atoms with Crippen LogP contribution in [-0.2, 0) is 5.54 Å². The third-order valence-electron chi connectivity index (χ3n) is 4.35. The van der Waals surface area contributed by atoms with Crippen LogP contribution in [-0.4, -0.2) is 19.8 Å². The highest BCUT2D eigenvalue weighted by Gasteiger charge is 2.36. The topological polar surface area (TPSA) is 30.5 Å². The Balaban J connectivity index is 2.19. The van der Waals surface area contributed by atoms with Gasteiger partial charge in [-0.1, -0.05) is 25.4 Å². The lowest BCUT2D eigenvalue weighted by Gasteiger charge is -2.32. The summed E-state index contributed by atoms with van der Waals surface area (Å²) >= 11 is 6.63. The molecule has 0 aromatic heterocycles. The molecule has 1 aromatic rings. The van der Waals surface area contributed by atoms with Crippen molar-refractivity contribution in [1.29, 1.82) is 0 Å². The van der Waals surface area contributed by atoms with Gasteiger partial charge in [0.1, 0.15) is 13.2 Å². The van der Waals surface area contributed by atoms with Crippen molar-refractivity contribution in [2.75, 3.05) is 19.8 Å². The Hall–Kier alpha value is -0.930. The molecule has 3 nitrogen and oxygen atoms in total. The van der Waals surface area contributed by atoms with Crippen LogP contribution in [0.4, 0.5) is 0 Å². The van der Waals surface area contributed by atoms with Crippen molar-refractivity contribution < 1.29 is 9.47 Å². The number of hydrogen-bond acceptors (Lipinski definition) is 3. The molecule has 0 bridgehead atoms. The molecule has 4 heteroatoms. The highest BCUT2D eigenvalue weighted by molar-refractivity contribution is 6.33.